The van der Waals surface area contributed by atoms with Crippen LogP contribution in [0.5, 0.6) is 0 Å². The molecule has 2 rings (SSSR count). The highest BCUT2D eigenvalue weighted by atomic mass is 15.0. The summed E-state index contributed by atoms with van der Waals surface area (Å²) < 4.78 is 0. The average Bonchev–Trinajstić information content (AvgIpc) is 2.27. The summed E-state index contributed by atoms with van der Waals surface area (Å²) in [5, 5.41) is 7.16. The molecule has 1 saturated heterocycles. The molecule has 88 valence electrons. The molecule has 0 spiro atoms. The zero-order valence-electron chi connectivity index (χ0n) is 10.2. The molecule has 3 nitrogen and oxygen atoms in total. The van der Waals surface area contributed by atoms with E-state index in [9.17, 15) is 0 Å². The van der Waals surface area contributed by atoms with Gasteiger partial charge in [0.1, 0.15) is 0 Å². The Morgan fingerprint density at radius 3 is 2.88 bits per heavy atom. The van der Waals surface area contributed by atoms with E-state index in [2.05, 4.69) is 41.6 Å². The lowest BCUT2D eigenvalue weighted by atomic mass is 9.89. The number of nitrogens with one attached hydrogen (secondary N) is 2. The summed E-state index contributed by atoms with van der Waals surface area (Å²) in [6.07, 6.45) is 6.11. The van der Waals surface area contributed by atoms with E-state index in [-0.39, 0.29) is 5.54 Å². The van der Waals surface area contributed by atoms with E-state index in [0.717, 1.165) is 13.1 Å². The van der Waals surface area contributed by atoms with Crippen molar-refractivity contribution in [2.45, 2.75) is 44.8 Å². The highest BCUT2D eigenvalue weighted by Crippen LogP contribution is 2.18. The topological polar surface area (TPSA) is 37.0 Å². The maximum absolute atomic E-state index is 4.03. The van der Waals surface area contributed by atoms with Crippen LogP contribution in [-0.4, -0.2) is 23.1 Å². The lowest BCUT2D eigenvalue weighted by Crippen LogP contribution is -2.51. The predicted molar refractivity (Wildman–Crippen MR) is 66.2 cm³/mol. The molecule has 16 heavy (non-hydrogen) atoms. The molecule has 1 atom stereocenters. The van der Waals surface area contributed by atoms with Crippen LogP contribution in [0, 0.1) is 0 Å². The van der Waals surface area contributed by atoms with Crippen LogP contribution in [0.4, 0.5) is 0 Å². The van der Waals surface area contributed by atoms with Gasteiger partial charge in [-0.05, 0) is 50.9 Å². The molecule has 1 unspecified atom stereocenters. The van der Waals surface area contributed by atoms with Gasteiger partial charge >= 0.3 is 0 Å². The zero-order chi connectivity index (χ0) is 11.4. The number of pyridine rings is 1. The maximum atomic E-state index is 4.03. The number of hydrogen-bond acceptors (Lipinski definition) is 3. The van der Waals surface area contributed by atoms with Crippen molar-refractivity contribution in [2.75, 3.05) is 6.54 Å². The van der Waals surface area contributed by atoms with Gasteiger partial charge in [-0.15, -0.1) is 0 Å². The number of hydrogen-bond donors (Lipinski definition) is 2. The summed E-state index contributed by atoms with van der Waals surface area (Å²) >= 11 is 0. The minimum Gasteiger partial charge on any atom is -0.312 e. The van der Waals surface area contributed by atoms with Crippen LogP contribution in [0.3, 0.4) is 0 Å². The van der Waals surface area contributed by atoms with Gasteiger partial charge in [0.25, 0.3) is 0 Å². The molecular formula is C13H21N3. The summed E-state index contributed by atoms with van der Waals surface area (Å²) in [6.45, 7) is 6.60. The Bertz CT molecular complexity index is 321. The van der Waals surface area contributed by atoms with E-state index in [0.29, 0.717) is 6.04 Å². The van der Waals surface area contributed by atoms with Crippen LogP contribution in [0.2, 0.25) is 0 Å². The standard InChI is InChI=1S/C13H21N3/c1-13(2)9-12(5-8-16-13)15-10-11-3-6-14-7-4-11/h3-4,6-7,12,15-16H,5,8-10H2,1-2H3. The normalized spacial score (nSPS) is 24.2. The second kappa shape index (κ2) is 4.93. The van der Waals surface area contributed by atoms with Gasteiger partial charge in [-0.1, -0.05) is 0 Å². The molecule has 1 aromatic rings. The highest BCUT2D eigenvalue weighted by Gasteiger charge is 2.26. The van der Waals surface area contributed by atoms with E-state index >= 15 is 0 Å². The number of aromatic nitrogens is 1. The first-order valence-corrected chi connectivity index (χ1v) is 6.03. The second-order valence-corrected chi connectivity index (χ2v) is 5.24. The molecule has 2 N–H and O–H groups in total. The summed E-state index contributed by atoms with van der Waals surface area (Å²) in [5.74, 6) is 0. The number of nitrogens with zero attached hydrogens (tertiary/aromatic N) is 1. The molecule has 1 aliphatic rings. The predicted octanol–water partition coefficient (Wildman–Crippen LogP) is 1.70. The van der Waals surface area contributed by atoms with Crippen LogP contribution in [-0.2, 0) is 6.54 Å². The van der Waals surface area contributed by atoms with Crippen molar-refractivity contribution in [1.82, 2.24) is 15.6 Å². The fourth-order valence-electron chi connectivity index (χ4n) is 2.31. The fourth-order valence-corrected chi connectivity index (χ4v) is 2.31. The first-order valence-electron chi connectivity index (χ1n) is 6.03. The van der Waals surface area contributed by atoms with Crippen molar-refractivity contribution in [1.29, 1.82) is 0 Å². The van der Waals surface area contributed by atoms with Crippen LogP contribution >= 0.6 is 0 Å². The fraction of sp³-hybridized carbons (Fsp3) is 0.615. The first-order chi connectivity index (χ1) is 7.66. The van der Waals surface area contributed by atoms with Crippen LogP contribution in [0.15, 0.2) is 24.5 Å². The SMILES string of the molecule is CC1(C)CC(NCc2ccncc2)CCN1. The highest BCUT2D eigenvalue weighted by molar-refractivity contribution is 5.09. The van der Waals surface area contributed by atoms with E-state index < -0.39 is 0 Å². The van der Waals surface area contributed by atoms with E-state index in [1.165, 1.54) is 18.4 Å². The average molecular weight is 219 g/mol. The lowest BCUT2D eigenvalue weighted by Gasteiger charge is -2.37. The Labute approximate surface area is 97.7 Å². The quantitative estimate of drug-likeness (QED) is 0.812. The van der Waals surface area contributed by atoms with Gasteiger partial charge in [-0.2, -0.15) is 0 Å². The Kier molecular flexibility index (Phi) is 3.56. The number of rotatable bonds is 3. The summed E-state index contributed by atoms with van der Waals surface area (Å²) in [7, 11) is 0. The largest absolute Gasteiger partial charge is 0.312 e. The van der Waals surface area contributed by atoms with Crippen LogP contribution < -0.4 is 10.6 Å². The Morgan fingerprint density at radius 2 is 2.19 bits per heavy atom. The minimum absolute atomic E-state index is 0.272. The van der Waals surface area contributed by atoms with Crippen molar-refractivity contribution in [3.05, 3.63) is 30.1 Å². The third-order valence-electron chi connectivity index (χ3n) is 3.20. The molecule has 0 radical (unpaired) electrons. The van der Waals surface area contributed by atoms with Crippen molar-refractivity contribution >= 4 is 0 Å². The van der Waals surface area contributed by atoms with E-state index in [4.69, 9.17) is 0 Å². The van der Waals surface area contributed by atoms with Crippen LogP contribution in [0.1, 0.15) is 32.3 Å². The molecule has 1 aliphatic heterocycles. The minimum atomic E-state index is 0.272. The summed E-state index contributed by atoms with van der Waals surface area (Å²) in [5.41, 5.74) is 1.58. The molecule has 2 heterocycles. The monoisotopic (exact) mass is 219 g/mol. The molecule has 0 bridgehead atoms. The number of piperidine rings is 1. The third kappa shape index (κ3) is 3.29. The Morgan fingerprint density at radius 1 is 1.44 bits per heavy atom. The second-order valence-electron chi connectivity index (χ2n) is 5.24. The van der Waals surface area contributed by atoms with Crippen molar-refractivity contribution in [3.63, 3.8) is 0 Å². The molecule has 1 aromatic heterocycles. The molecule has 1 fully saturated rings. The van der Waals surface area contributed by atoms with Gasteiger partial charge in [-0.3, -0.25) is 4.98 Å². The lowest BCUT2D eigenvalue weighted by molar-refractivity contribution is 0.247. The Hall–Kier alpha value is -0.930. The van der Waals surface area contributed by atoms with Crippen molar-refractivity contribution in [3.8, 4) is 0 Å². The van der Waals surface area contributed by atoms with Gasteiger partial charge in [-0.25, -0.2) is 0 Å². The van der Waals surface area contributed by atoms with Crippen LogP contribution in [0.25, 0.3) is 0 Å². The summed E-state index contributed by atoms with van der Waals surface area (Å²) in [6, 6.07) is 4.77. The molecular weight excluding hydrogens is 198 g/mol. The van der Waals surface area contributed by atoms with E-state index in [1.54, 1.807) is 0 Å². The summed E-state index contributed by atoms with van der Waals surface area (Å²) in [4.78, 5) is 4.03. The third-order valence-corrected chi connectivity index (χ3v) is 3.20. The van der Waals surface area contributed by atoms with Gasteiger partial charge in [0.15, 0.2) is 0 Å². The van der Waals surface area contributed by atoms with Gasteiger partial charge < -0.3 is 10.6 Å². The van der Waals surface area contributed by atoms with Gasteiger partial charge in [0, 0.05) is 30.5 Å². The molecule has 0 amide bonds. The van der Waals surface area contributed by atoms with Gasteiger partial charge in [0.05, 0.1) is 0 Å². The van der Waals surface area contributed by atoms with Crippen molar-refractivity contribution < 1.29 is 0 Å². The van der Waals surface area contributed by atoms with Crippen molar-refractivity contribution in [2.24, 2.45) is 0 Å². The Balaban J connectivity index is 1.82. The molecule has 0 saturated carbocycles. The first kappa shape index (κ1) is 11.6. The molecule has 3 heteroatoms. The maximum Gasteiger partial charge on any atom is 0.0271 e. The molecule has 0 aromatic carbocycles. The zero-order valence-corrected chi connectivity index (χ0v) is 10.2. The molecule has 0 aliphatic carbocycles. The van der Waals surface area contributed by atoms with E-state index in [1.807, 2.05) is 12.4 Å². The smallest absolute Gasteiger partial charge is 0.0271 e. The van der Waals surface area contributed by atoms with Gasteiger partial charge in [0.2, 0.25) is 0 Å².